The summed E-state index contributed by atoms with van der Waals surface area (Å²) in [5, 5.41) is 5.71. The molecule has 0 saturated heterocycles. The highest BCUT2D eigenvalue weighted by atomic mass is 19.1. The Kier molecular flexibility index (Phi) is 4.55. The quantitative estimate of drug-likeness (QED) is 0.904. The largest absolute Gasteiger partial charge is 0.444 e. The van der Waals surface area contributed by atoms with Gasteiger partial charge in [0.2, 0.25) is 5.89 Å². The highest BCUT2D eigenvalue weighted by Crippen LogP contribution is 2.35. The molecule has 0 bridgehead atoms. The molecule has 1 aliphatic carbocycles. The molecule has 0 spiro atoms. The van der Waals surface area contributed by atoms with Crippen LogP contribution in [0, 0.1) is 25.6 Å². The molecule has 2 aromatic rings. The maximum Gasteiger partial charge on any atom is 0.315 e. The van der Waals surface area contributed by atoms with E-state index in [2.05, 4.69) is 22.5 Å². The fourth-order valence-corrected chi connectivity index (χ4v) is 3.16. The van der Waals surface area contributed by atoms with E-state index in [-0.39, 0.29) is 30.4 Å². The molecule has 0 saturated carbocycles. The number of nitrogens with zero attached hydrogens (tertiary/aromatic N) is 1. The molecule has 1 aliphatic rings. The molecule has 2 amide bonds. The van der Waals surface area contributed by atoms with Crippen molar-refractivity contribution in [2.24, 2.45) is 5.92 Å². The minimum atomic E-state index is -0.308. The van der Waals surface area contributed by atoms with Gasteiger partial charge in [0, 0.05) is 0 Å². The molecule has 3 rings (SSSR count). The monoisotopic (exact) mass is 331 g/mol. The number of aryl methyl sites for hydroxylation is 2. The summed E-state index contributed by atoms with van der Waals surface area (Å²) < 4.78 is 19.4. The summed E-state index contributed by atoms with van der Waals surface area (Å²) in [5.41, 5.74) is 2.39. The normalized spacial score (nSPS) is 19.7. The van der Waals surface area contributed by atoms with Gasteiger partial charge in [-0.15, -0.1) is 0 Å². The Morgan fingerprint density at radius 1 is 1.42 bits per heavy atom. The van der Waals surface area contributed by atoms with Crippen LogP contribution in [-0.2, 0) is 13.0 Å². The van der Waals surface area contributed by atoms with E-state index in [1.54, 1.807) is 6.07 Å². The molecule has 1 aromatic carbocycles. The number of hydrogen-bond acceptors (Lipinski definition) is 3. The van der Waals surface area contributed by atoms with Crippen LogP contribution >= 0.6 is 0 Å². The van der Waals surface area contributed by atoms with Gasteiger partial charge in [0.15, 0.2) is 0 Å². The molecule has 1 heterocycles. The maximum atomic E-state index is 14.0. The van der Waals surface area contributed by atoms with Gasteiger partial charge >= 0.3 is 6.03 Å². The summed E-state index contributed by atoms with van der Waals surface area (Å²) in [5.74, 6) is 1.27. The summed E-state index contributed by atoms with van der Waals surface area (Å²) in [6.07, 6.45) is 1.55. The Labute approximate surface area is 140 Å². The van der Waals surface area contributed by atoms with Gasteiger partial charge in [0.1, 0.15) is 11.6 Å². The third-order valence-electron chi connectivity index (χ3n) is 4.67. The van der Waals surface area contributed by atoms with Crippen molar-refractivity contribution in [3.05, 3.63) is 52.5 Å². The van der Waals surface area contributed by atoms with Crippen LogP contribution in [0.25, 0.3) is 0 Å². The molecular weight excluding hydrogens is 309 g/mol. The number of amides is 2. The van der Waals surface area contributed by atoms with Crippen LogP contribution in [0.15, 0.2) is 22.6 Å². The maximum absolute atomic E-state index is 14.0. The molecule has 0 radical (unpaired) electrons. The molecule has 0 fully saturated rings. The molecule has 0 unspecified atom stereocenters. The van der Waals surface area contributed by atoms with Gasteiger partial charge in [0.25, 0.3) is 0 Å². The molecular formula is C18H22FN3O2. The number of oxazole rings is 1. The number of benzene rings is 1. The first-order valence-electron chi connectivity index (χ1n) is 8.20. The smallest absolute Gasteiger partial charge is 0.315 e. The molecule has 128 valence electrons. The summed E-state index contributed by atoms with van der Waals surface area (Å²) in [4.78, 5) is 16.5. The van der Waals surface area contributed by atoms with Crippen LogP contribution in [0.4, 0.5) is 9.18 Å². The number of halogens is 1. The second-order valence-corrected chi connectivity index (χ2v) is 6.38. The van der Waals surface area contributed by atoms with Crippen LogP contribution in [0.2, 0.25) is 0 Å². The molecule has 5 nitrogen and oxygen atoms in total. The Morgan fingerprint density at radius 2 is 2.21 bits per heavy atom. The number of carbonyl (C=O) groups is 1. The SMILES string of the molecule is Cc1nc(CNC(=O)N[C@H]2c3cccc(F)c3CC[C@H]2C)oc1C. The lowest BCUT2D eigenvalue weighted by atomic mass is 9.80. The molecule has 2 N–H and O–H groups in total. The van der Waals surface area contributed by atoms with Crippen molar-refractivity contribution in [2.45, 2.75) is 46.2 Å². The van der Waals surface area contributed by atoms with Gasteiger partial charge in [-0.25, -0.2) is 14.2 Å². The number of hydrogen-bond donors (Lipinski definition) is 2. The van der Waals surface area contributed by atoms with Gasteiger partial charge in [-0.1, -0.05) is 19.1 Å². The predicted molar refractivity (Wildman–Crippen MR) is 88.0 cm³/mol. The Morgan fingerprint density at radius 3 is 2.92 bits per heavy atom. The van der Waals surface area contributed by atoms with Crippen LogP contribution in [0.1, 0.15) is 47.9 Å². The van der Waals surface area contributed by atoms with Crippen molar-refractivity contribution in [3.63, 3.8) is 0 Å². The van der Waals surface area contributed by atoms with E-state index in [0.29, 0.717) is 17.9 Å². The van der Waals surface area contributed by atoms with Gasteiger partial charge in [-0.3, -0.25) is 0 Å². The Balaban J connectivity index is 1.67. The van der Waals surface area contributed by atoms with Crippen molar-refractivity contribution in [3.8, 4) is 0 Å². The fourth-order valence-electron chi connectivity index (χ4n) is 3.16. The molecule has 2 atom stereocenters. The van der Waals surface area contributed by atoms with E-state index >= 15 is 0 Å². The average Bonchev–Trinajstić information content (AvgIpc) is 2.87. The number of aromatic nitrogens is 1. The second kappa shape index (κ2) is 6.63. The summed E-state index contributed by atoms with van der Waals surface area (Å²) in [6.45, 7) is 5.98. The van der Waals surface area contributed by atoms with Crippen molar-refractivity contribution >= 4 is 6.03 Å². The summed E-state index contributed by atoms with van der Waals surface area (Å²) in [6, 6.07) is 4.55. The average molecular weight is 331 g/mol. The van der Waals surface area contributed by atoms with E-state index in [9.17, 15) is 9.18 Å². The van der Waals surface area contributed by atoms with Gasteiger partial charge in [0.05, 0.1) is 18.3 Å². The van der Waals surface area contributed by atoms with Crippen molar-refractivity contribution in [1.82, 2.24) is 15.6 Å². The van der Waals surface area contributed by atoms with E-state index in [4.69, 9.17) is 4.42 Å². The lowest BCUT2D eigenvalue weighted by Gasteiger charge is -2.32. The summed E-state index contributed by atoms with van der Waals surface area (Å²) in [7, 11) is 0. The highest BCUT2D eigenvalue weighted by Gasteiger charge is 2.29. The molecule has 24 heavy (non-hydrogen) atoms. The lowest BCUT2D eigenvalue weighted by molar-refractivity contribution is 0.227. The second-order valence-electron chi connectivity index (χ2n) is 6.38. The van der Waals surface area contributed by atoms with Crippen LogP contribution in [0.5, 0.6) is 0 Å². The van der Waals surface area contributed by atoms with Gasteiger partial charge < -0.3 is 15.1 Å². The number of fused-ring (bicyclic) bond motifs is 1. The molecule has 0 aliphatic heterocycles. The lowest BCUT2D eigenvalue weighted by Crippen LogP contribution is -2.41. The molecule has 1 aromatic heterocycles. The fraction of sp³-hybridized carbons (Fsp3) is 0.444. The number of nitrogens with one attached hydrogen (secondary N) is 2. The van der Waals surface area contributed by atoms with Crippen LogP contribution in [0.3, 0.4) is 0 Å². The van der Waals surface area contributed by atoms with Gasteiger partial charge in [-0.2, -0.15) is 0 Å². The zero-order valence-electron chi connectivity index (χ0n) is 14.1. The van der Waals surface area contributed by atoms with Crippen molar-refractivity contribution < 1.29 is 13.6 Å². The first-order chi connectivity index (χ1) is 11.5. The van der Waals surface area contributed by atoms with Gasteiger partial charge in [-0.05, 0) is 49.8 Å². The number of rotatable bonds is 3. The minimum Gasteiger partial charge on any atom is -0.444 e. The number of carbonyl (C=O) groups excluding carboxylic acids is 1. The Hall–Kier alpha value is -2.37. The first kappa shape index (κ1) is 16.5. The molecule has 6 heteroatoms. The standard InChI is InChI=1S/C18H22FN3O2/c1-10-7-8-13-14(5-4-6-15(13)19)17(10)22-18(23)20-9-16-21-11(2)12(3)24-16/h4-6,10,17H,7-9H2,1-3H3,(H2,20,22,23)/t10-,17-/m1/s1. The van der Waals surface area contributed by atoms with E-state index in [0.717, 1.165) is 23.4 Å². The number of urea groups is 1. The zero-order valence-corrected chi connectivity index (χ0v) is 14.1. The van der Waals surface area contributed by atoms with E-state index in [1.165, 1.54) is 6.07 Å². The van der Waals surface area contributed by atoms with Crippen LogP contribution < -0.4 is 10.6 Å². The highest BCUT2D eigenvalue weighted by molar-refractivity contribution is 5.74. The third kappa shape index (κ3) is 3.27. The van der Waals surface area contributed by atoms with Crippen molar-refractivity contribution in [1.29, 1.82) is 0 Å². The van der Waals surface area contributed by atoms with E-state index < -0.39 is 0 Å². The van der Waals surface area contributed by atoms with Crippen molar-refractivity contribution in [2.75, 3.05) is 0 Å². The van der Waals surface area contributed by atoms with E-state index in [1.807, 2.05) is 19.9 Å². The zero-order chi connectivity index (χ0) is 17.3. The topological polar surface area (TPSA) is 67.2 Å². The minimum absolute atomic E-state index is 0.197. The van der Waals surface area contributed by atoms with Crippen LogP contribution in [-0.4, -0.2) is 11.0 Å². The third-order valence-corrected chi connectivity index (χ3v) is 4.67. The predicted octanol–water partition coefficient (Wildman–Crippen LogP) is 3.55. The first-order valence-corrected chi connectivity index (χ1v) is 8.20. The Bertz CT molecular complexity index is 737. The summed E-state index contributed by atoms with van der Waals surface area (Å²) >= 11 is 0.